The van der Waals surface area contributed by atoms with Crippen LogP contribution >= 0.6 is 0 Å². The molecule has 0 bridgehead atoms. The standard InChI is InChI=1S/C16H21FN4/c1-11(2)16-19-14(18-3)9-15(20-16)21(4)10-12-6-5-7-13(17)8-12/h5-9,11H,10H2,1-4H3,(H,18,19,20). The monoisotopic (exact) mass is 288 g/mol. The third kappa shape index (κ3) is 3.90. The molecule has 0 aliphatic rings. The fourth-order valence-electron chi connectivity index (χ4n) is 2.02. The lowest BCUT2D eigenvalue weighted by molar-refractivity contribution is 0.625. The molecular weight excluding hydrogens is 267 g/mol. The van der Waals surface area contributed by atoms with Crippen molar-refractivity contribution in [3.8, 4) is 0 Å². The number of rotatable bonds is 5. The molecule has 2 rings (SSSR count). The van der Waals surface area contributed by atoms with Crippen molar-refractivity contribution in [2.24, 2.45) is 0 Å². The number of hydrogen-bond acceptors (Lipinski definition) is 4. The first-order chi connectivity index (χ1) is 9.99. The topological polar surface area (TPSA) is 41.0 Å². The minimum absolute atomic E-state index is 0.220. The average molecular weight is 288 g/mol. The lowest BCUT2D eigenvalue weighted by Crippen LogP contribution is -2.19. The van der Waals surface area contributed by atoms with E-state index in [2.05, 4.69) is 29.1 Å². The Balaban J connectivity index is 2.25. The SMILES string of the molecule is CNc1cc(N(C)Cc2cccc(F)c2)nc(C(C)C)n1. The predicted molar refractivity (Wildman–Crippen MR) is 84.2 cm³/mol. The van der Waals surface area contributed by atoms with Gasteiger partial charge < -0.3 is 10.2 Å². The van der Waals surface area contributed by atoms with Crippen molar-refractivity contribution < 1.29 is 4.39 Å². The molecule has 0 aliphatic heterocycles. The van der Waals surface area contributed by atoms with Crippen molar-refractivity contribution in [1.82, 2.24) is 9.97 Å². The van der Waals surface area contributed by atoms with Crippen molar-refractivity contribution in [1.29, 1.82) is 0 Å². The minimum atomic E-state index is -0.220. The maximum atomic E-state index is 13.3. The van der Waals surface area contributed by atoms with Gasteiger partial charge in [-0.2, -0.15) is 0 Å². The van der Waals surface area contributed by atoms with E-state index in [1.165, 1.54) is 6.07 Å². The summed E-state index contributed by atoms with van der Waals surface area (Å²) < 4.78 is 13.3. The molecule has 0 saturated carbocycles. The summed E-state index contributed by atoms with van der Waals surface area (Å²) in [5.74, 6) is 2.43. The molecule has 1 aromatic carbocycles. The molecule has 21 heavy (non-hydrogen) atoms. The van der Waals surface area contributed by atoms with E-state index in [9.17, 15) is 4.39 Å². The largest absolute Gasteiger partial charge is 0.373 e. The number of anilines is 2. The zero-order valence-electron chi connectivity index (χ0n) is 12.9. The first kappa shape index (κ1) is 15.2. The van der Waals surface area contributed by atoms with Gasteiger partial charge in [0.2, 0.25) is 0 Å². The van der Waals surface area contributed by atoms with Crippen LogP contribution in [0.2, 0.25) is 0 Å². The van der Waals surface area contributed by atoms with E-state index >= 15 is 0 Å². The summed E-state index contributed by atoms with van der Waals surface area (Å²) in [5.41, 5.74) is 0.910. The van der Waals surface area contributed by atoms with Crippen LogP contribution in [0.4, 0.5) is 16.0 Å². The van der Waals surface area contributed by atoms with Crippen molar-refractivity contribution in [2.45, 2.75) is 26.3 Å². The summed E-state index contributed by atoms with van der Waals surface area (Å²) >= 11 is 0. The molecule has 1 N–H and O–H groups in total. The van der Waals surface area contributed by atoms with Crippen molar-refractivity contribution >= 4 is 11.6 Å². The molecule has 2 aromatic rings. The zero-order chi connectivity index (χ0) is 15.4. The Labute approximate surface area is 125 Å². The van der Waals surface area contributed by atoms with Crippen LogP contribution in [0.5, 0.6) is 0 Å². The fraction of sp³-hybridized carbons (Fsp3) is 0.375. The average Bonchev–Trinajstić information content (AvgIpc) is 2.46. The van der Waals surface area contributed by atoms with Crippen LogP contribution in [0.15, 0.2) is 30.3 Å². The maximum absolute atomic E-state index is 13.3. The van der Waals surface area contributed by atoms with Gasteiger partial charge in [-0.15, -0.1) is 0 Å². The van der Waals surface area contributed by atoms with Crippen molar-refractivity contribution in [3.05, 3.63) is 47.5 Å². The highest BCUT2D eigenvalue weighted by Crippen LogP contribution is 2.20. The molecule has 0 aliphatic carbocycles. The Hall–Kier alpha value is -2.17. The van der Waals surface area contributed by atoms with Crippen LogP contribution in [0.25, 0.3) is 0 Å². The van der Waals surface area contributed by atoms with Crippen LogP contribution < -0.4 is 10.2 Å². The molecule has 4 nitrogen and oxygen atoms in total. The smallest absolute Gasteiger partial charge is 0.135 e. The Morgan fingerprint density at radius 2 is 2.00 bits per heavy atom. The van der Waals surface area contributed by atoms with Gasteiger partial charge in [0.1, 0.15) is 23.3 Å². The molecule has 0 unspecified atom stereocenters. The number of aromatic nitrogens is 2. The van der Waals surface area contributed by atoms with Gasteiger partial charge in [0, 0.05) is 32.6 Å². The third-order valence-electron chi connectivity index (χ3n) is 3.20. The number of halogens is 1. The van der Waals surface area contributed by atoms with E-state index in [1.807, 2.05) is 31.1 Å². The molecule has 5 heteroatoms. The maximum Gasteiger partial charge on any atom is 0.135 e. The molecule has 112 valence electrons. The van der Waals surface area contributed by atoms with Gasteiger partial charge in [0.05, 0.1) is 0 Å². The summed E-state index contributed by atoms with van der Waals surface area (Å²) in [6.45, 7) is 4.71. The van der Waals surface area contributed by atoms with E-state index in [1.54, 1.807) is 12.1 Å². The summed E-state index contributed by atoms with van der Waals surface area (Å²) in [4.78, 5) is 11.0. The highest BCUT2D eigenvalue weighted by Gasteiger charge is 2.11. The molecule has 1 heterocycles. The zero-order valence-corrected chi connectivity index (χ0v) is 12.9. The molecule has 1 aromatic heterocycles. The number of hydrogen-bond donors (Lipinski definition) is 1. The second kappa shape index (κ2) is 6.52. The van der Waals surface area contributed by atoms with Crippen LogP contribution in [0.1, 0.15) is 31.2 Å². The van der Waals surface area contributed by atoms with Gasteiger partial charge in [-0.1, -0.05) is 26.0 Å². The molecule has 0 spiro atoms. The first-order valence-electron chi connectivity index (χ1n) is 7.02. The third-order valence-corrected chi connectivity index (χ3v) is 3.20. The highest BCUT2D eigenvalue weighted by molar-refractivity contribution is 5.49. The van der Waals surface area contributed by atoms with E-state index < -0.39 is 0 Å². The summed E-state index contributed by atoms with van der Waals surface area (Å²) in [6, 6.07) is 8.51. The lowest BCUT2D eigenvalue weighted by Gasteiger charge is -2.20. The summed E-state index contributed by atoms with van der Waals surface area (Å²) in [7, 11) is 3.78. The Bertz CT molecular complexity index is 613. The normalized spacial score (nSPS) is 10.8. The molecule has 0 saturated heterocycles. The lowest BCUT2D eigenvalue weighted by atomic mass is 10.2. The molecule has 0 radical (unpaired) electrons. The summed E-state index contributed by atoms with van der Waals surface area (Å²) in [6.07, 6.45) is 0. The molecular formula is C16H21FN4. The number of benzene rings is 1. The minimum Gasteiger partial charge on any atom is -0.373 e. The van der Waals surface area contributed by atoms with E-state index in [0.717, 1.165) is 23.0 Å². The van der Waals surface area contributed by atoms with E-state index in [4.69, 9.17) is 0 Å². The summed E-state index contributed by atoms with van der Waals surface area (Å²) in [5, 5.41) is 3.05. The van der Waals surface area contributed by atoms with Crippen molar-refractivity contribution in [3.63, 3.8) is 0 Å². The van der Waals surface area contributed by atoms with E-state index in [0.29, 0.717) is 6.54 Å². The predicted octanol–water partition coefficient (Wildman–Crippen LogP) is 3.42. The number of nitrogens with zero attached hydrogens (tertiary/aromatic N) is 3. The van der Waals surface area contributed by atoms with Gasteiger partial charge in [-0.3, -0.25) is 0 Å². The Kier molecular flexibility index (Phi) is 4.73. The molecule has 0 amide bonds. The van der Waals surface area contributed by atoms with Crippen molar-refractivity contribution in [2.75, 3.05) is 24.3 Å². The Morgan fingerprint density at radius 3 is 2.62 bits per heavy atom. The first-order valence-corrected chi connectivity index (χ1v) is 7.02. The van der Waals surface area contributed by atoms with Crippen LogP contribution in [-0.4, -0.2) is 24.1 Å². The molecule has 0 fully saturated rings. The van der Waals surface area contributed by atoms with E-state index in [-0.39, 0.29) is 11.7 Å². The van der Waals surface area contributed by atoms with Crippen LogP contribution in [0, 0.1) is 5.82 Å². The highest BCUT2D eigenvalue weighted by atomic mass is 19.1. The van der Waals surface area contributed by atoms with Gasteiger partial charge in [0.25, 0.3) is 0 Å². The van der Waals surface area contributed by atoms with Gasteiger partial charge in [-0.05, 0) is 17.7 Å². The molecule has 0 atom stereocenters. The quantitative estimate of drug-likeness (QED) is 0.915. The van der Waals surface area contributed by atoms with Gasteiger partial charge in [-0.25, -0.2) is 14.4 Å². The van der Waals surface area contributed by atoms with Crippen LogP contribution in [-0.2, 0) is 6.54 Å². The van der Waals surface area contributed by atoms with Crippen LogP contribution in [0.3, 0.4) is 0 Å². The second-order valence-corrected chi connectivity index (χ2v) is 5.36. The van der Waals surface area contributed by atoms with Gasteiger partial charge in [0.15, 0.2) is 0 Å². The number of nitrogens with one attached hydrogen (secondary N) is 1. The van der Waals surface area contributed by atoms with Gasteiger partial charge >= 0.3 is 0 Å². The fourth-order valence-corrected chi connectivity index (χ4v) is 2.02. The second-order valence-electron chi connectivity index (χ2n) is 5.36. The Morgan fingerprint density at radius 1 is 1.24 bits per heavy atom.